The monoisotopic (exact) mass is 242 g/mol. The summed E-state index contributed by atoms with van der Waals surface area (Å²) in [5.41, 5.74) is 0. The van der Waals surface area contributed by atoms with Crippen LogP contribution in [0.3, 0.4) is 0 Å². The van der Waals surface area contributed by atoms with Gasteiger partial charge in [0, 0.05) is 19.2 Å². The molecule has 0 aromatic carbocycles. The van der Waals surface area contributed by atoms with E-state index in [1.807, 2.05) is 6.92 Å². The highest BCUT2D eigenvalue weighted by Gasteiger charge is 2.19. The van der Waals surface area contributed by atoms with Crippen molar-refractivity contribution in [3.63, 3.8) is 0 Å². The predicted molar refractivity (Wildman–Crippen MR) is 69.0 cm³/mol. The van der Waals surface area contributed by atoms with Gasteiger partial charge in [-0.1, -0.05) is 19.8 Å². The van der Waals surface area contributed by atoms with Crippen molar-refractivity contribution in [1.82, 2.24) is 10.6 Å². The molecule has 4 nitrogen and oxygen atoms in total. The van der Waals surface area contributed by atoms with Crippen molar-refractivity contribution in [2.75, 3.05) is 19.8 Å². The van der Waals surface area contributed by atoms with Crippen molar-refractivity contribution in [3.8, 4) is 0 Å². The number of rotatable bonds is 8. The van der Waals surface area contributed by atoms with Crippen LogP contribution in [0.2, 0.25) is 0 Å². The van der Waals surface area contributed by atoms with Gasteiger partial charge in [0.15, 0.2) is 0 Å². The lowest BCUT2D eigenvalue weighted by Gasteiger charge is -2.17. The summed E-state index contributed by atoms with van der Waals surface area (Å²) in [6, 6.07) is 0.281. The summed E-state index contributed by atoms with van der Waals surface area (Å²) >= 11 is 0. The Labute approximate surface area is 104 Å². The van der Waals surface area contributed by atoms with Crippen LogP contribution in [0.15, 0.2) is 0 Å². The normalized spacial score (nSPS) is 18.2. The van der Waals surface area contributed by atoms with Crippen molar-refractivity contribution in [3.05, 3.63) is 0 Å². The van der Waals surface area contributed by atoms with Gasteiger partial charge in [-0.3, -0.25) is 4.79 Å². The second-order valence-electron chi connectivity index (χ2n) is 4.78. The molecule has 1 saturated carbocycles. The van der Waals surface area contributed by atoms with Crippen LogP contribution in [0.5, 0.6) is 0 Å². The van der Waals surface area contributed by atoms with Gasteiger partial charge in [0.2, 0.25) is 5.91 Å². The third-order valence-electron chi connectivity index (χ3n) is 3.14. The lowest BCUT2D eigenvalue weighted by molar-refractivity contribution is -0.123. The molecule has 0 spiro atoms. The molecular formula is C13H26N2O2. The van der Waals surface area contributed by atoms with Gasteiger partial charge in [-0.15, -0.1) is 0 Å². The van der Waals surface area contributed by atoms with E-state index in [-0.39, 0.29) is 11.9 Å². The van der Waals surface area contributed by atoms with Crippen LogP contribution in [0.4, 0.5) is 0 Å². The maximum absolute atomic E-state index is 11.8. The molecule has 0 aromatic rings. The van der Waals surface area contributed by atoms with Crippen LogP contribution in [0, 0.1) is 0 Å². The van der Waals surface area contributed by atoms with Crippen LogP contribution >= 0.6 is 0 Å². The van der Waals surface area contributed by atoms with Crippen LogP contribution in [-0.2, 0) is 9.53 Å². The van der Waals surface area contributed by atoms with Crippen molar-refractivity contribution >= 4 is 5.91 Å². The molecule has 0 heterocycles. The molecule has 0 aliphatic heterocycles. The largest absolute Gasteiger partial charge is 0.380 e. The number of carbonyl (C=O) groups is 1. The predicted octanol–water partition coefficient (Wildman–Crippen LogP) is 1.45. The first-order valence-corrected chi connectivity index (χ1v) is 6.85. The Morgan fingerprint density at radius 2 is 2.06 bits per heavy atom. The van der Waals surface area contributed by atoms with Crippen molar-refractivity contribution in [1.29, 1.82) is 0 Å². The molecule has 1 aliphatic carbocycles. The summed E-state index contributed by atoms with van der Waals surface area (Å²) < 4.78 is 5.35. The summed E-state index contributed by atoms with van der Waals surface area (Å²) in [4.78, 5) is 11.8. The molecular weight excluding hydrogens is 216 g/mol. The zero-order valence-corrected chi connectivity index (χ0v) is 11.1. The Balaban J connectivity index is 2.05. The molecule has 1 aliphatic rings. The summed E-state index contributed by atoms with van der Waals surface area (Å²) in [5.74, 6) is 0.118. The third kappa shape index (κ3) is 6.03. The molecule has 0 aromatic heterocycles. The fourth-order valence-electron chi connectivity index (χ4n) is 2.08. The van der Waals surface area contributed by atoms with E-state index >= 15 is 0 Å². The van der Waals surface area contributed by atoms with Gasteiger partial charge in [0.25, 0.3) is 0 Å². The van der Waals surface area contributed by atoms with Crippen LogP contribution in [-0.4, -0.2) is 37.7 Å². The molecule has 1 rings (SSSR count). The maximum Gasteiger partial charge on any atom is 0.237 e. The van der Waals surface area contributed by atoms with Gasteiger partial charge in [0.1, 0.15) is 0 Å². The Morgan fingerprint density at radius 3 is 2.71 bits per heavy atom. The molecule has 1 amide bonds. The molecule has 0 bridgehead atoms. The number of hydrogen-bond acceptors (Lipinski definition) is 3. The number of carbonyl (C=O) groups excluding carboxylic acids is 1. The van der Waals surface area contributed by atoms with E-state index in [9.17, 15) is 4.79 Å². The zero-order chi connectivity index (χ0) is 12.5. The van der Waals surface area contributed by atoms with Gasteiger partial charge in [-0.05, 0) is 26.2 Å². The van der Waals surface area contributed by atoms with E-state index in [2.05, 4.69) is 17.6 Å². The SMILES string of the molecule is CCCOCCNC(C)C(=O)NC1CCCC1. The summed E-state index contributed by atoms with van der Waals surface area (Å²) in [6.07, 6.45) is 5.81. The van der Waals surface area contributed by atoms with E-state index < -0.39 is 0 Å². The third-order valence-corrected chi connectivity index (χ3v) is 3.14. The molecule has 100 valence electrons. The fraction of sp³-hybridized carbons (Fsp3) is 0.923. The average molecular weight is 242 g/mol. The maximum atomic E-state index is 11.8. The molecule has 1 atom stereocenters. The van der Waals surface area contributed by atoms with Crippen molar-refractivity contribution in [2.24, 2.45) is 0 Å². The van der Waals surface area contributed by atoms with Crippen molar-refractivity contribution < 1.29 is 9.53 Å². The van der Waals surface area contributed by atoms with Gasteiger partial charge in [-0.2, -0.15) is 0 Å². The van der Waals surface area contributed by atoms with E-state index in [0.29, 0.717) is 12.6 Å². The van der Waals surface area contributed by atoms with Gasteiger partial charge in [-0.25, -0.2) is 0 Å². The van der Waals surface area contributed by atoms with Crippen LogP contribution in [0.25, 0.3) is 0 Å². The van der Waals surface area contributed by atoms with E-state index in [1.165, 1.54) is 12.8 Å². The first-order valence-electron chi connectivity index (χ1n) is 6.85. The number of ether oxygens (including phenoxy) is 1. The zero-order valence-electron chi connectivity index (χ0n) is 11.1. The number of hydrogen-bond donors (Lipinski definition) is 2. The molecule has 1 fully saturated rings. The van der Waals surface area contributed by atoms with Crippen LogP contribution in [0.1, 0.15) is 46.0 Å². The molecule has 4 heteroatoms. The second kappa shape index (κ2) is 8.48. The molecule has 1 unspecified atom stereocenters. The number of nitrogens with one attached hydrogen (secondary N) is 2. The summed E-state index contributed by atoms with van der Waals surface area (Å²) in [5, 5.41) is 6.27. The highest BCUT2D eigenvalue weighted by atomic mass is 16.5. The first-order chi connectivity index (χ1) is 8.24. The topological polar surface area (TPSA) is 50.4 Å². The van der Waals surface area contributed by atoms with Crippen molar-refractivity contribution in [2.45, 2.75) is 58.0 Å². The highest BCUT2D eigenvalue weighted by Crippen LogP contribution is 2.17. The highest BCUT2D eigenvalue weighted by molar-refractivity contribution is 5.81. The van der Waals surface area contributed by atoms with E-state index in [0.717, 1.165) is 32.4 Å². The Hall–Kier alpha value is -0.610. The minimum Gasteiger partial charge on any atom is -0.380 e. The van der Waals surface area contributed by atoms with Gasteiger partial charge in [0.05, 0.1) is 12.6 Å². The lowest BCUT2D eigenvalue weighted by atomic mass is 10.2. The summed E-state index contributed by atoms with van der Waals surface area (Å²) in [6.45, 7) is 6.20. The Morgan fingerprint density at radius 1 is 1.35 bits per heavy atom. The van der Waals surface area contributed by atoms with E-state index in [4.69, 9.17) is 4.74 Å². The second-order valence-corrected chi connectivity index (χ2v) is 4.78. The summed E-state index contributed by atoms with van der Waals surface area (Å²) in [7, 11) is 0. The molecule has 0 radical (unpaired) electrons. The standard InChI is InChI=1S/C13H26N2O2/c1-3-9-17-10-8-14-11(2)13(16)15-12-6-4-5-7-12/h11-12,14H,3-10H2,1-2H3,(H,15,16). The minimum atomic E-state index is -0.124. The fourth-order valence-corrected chi connectivity index (χ4v) is 2.08. The minimum absolute atomic E-state index is 0.118. The average Bonchev–Trinajstić information content (AvgIpc) is 2.81. The number of amides is 1. The molecule has 0 saturated heterocycles. The van der Waals surface area contributed by atoms with Crippen LogP contribution < -0.4 is 10.6 Å². The molecule has 17 heavy (non-hydrogen) atoms. The Bertz CT molecular complexity index is 215. The van der Waals surface area contributed by atoms with Gasteiger partial charge < -0.3 is 15.4 Å². The Kier molecular flexibility index (Phi) is 7.21. The molecule has 2 N–H and O–H groups in total. The lowest BCUT2D eigenvalue weighted by Crippen LogP contribution is -2.46. The first kappa shape index (κ1) is 14.5. The smallest absolute Gasteiger partial charge is 0.237 e. The van der Waals surface area contributed by atoms with E-state index in [1.54, 1.807) is 0 Å². The van der Waals surface area contributed by atoms with Gasteiger partial charge >= 0.3 is 0 Å². The quantitative estimate of drug-likeness (QED) is 0.633.